The lowest BCUT2D eigenvalue weighted by Gasteiger charge is -2.23. The van der Waals surface area contributed by atoms with Gasteiger partial charge in [0.2, 0.25) is 0 Å². The molecule has 0 amide bonds. The van der Waals surface area contributed by atoms with E-state index in [0.29, 0.717) is 21.5 Å². The van der Waals surface area contributed by atoms with Crippen molar-refractivity contribution >= 4 is 21.9 Å². The lowest BCUT2D eigenvalue weighted by molar-refractivity contribution is 0.577. The molecule has 0 saturated heterocycles. The first-order valence-electron chi connectivity index (χ1n) is 14.9. The number of nitriles is 4. The number of hydrogen-bond acceptors (Lipinski definition) is 4. The van der Waals surface area contributed by atoms with Crippen LogP contribution in [0.5, 0.6) is 0 Å². The van der Waals surface area contributed by atoms with Crippen molar-refractivity contribution in [2.75, 3.05) is 0 Å². The maximum atomic E-state index is 10.4. The predicted molar refractivity (Wildman–Crippen MR) is 183 cm³/mol. The normalized spacial score (nSPS) is 10.5. The molecule has 1 heterocycles. The Hall–Kier alpha value is -6.66. The summed E-state index contributed by atoms with van der Waals surface area (Å²) in [5, 5.41) is 43.7. The molecular weight excluding hydrogens is 562 g/mol. The summed E-state index contributed by atoms with van der Waals surface area (Å²) in [5.41, 5.74) is 6.93. The second-order valence-corrected chi connectivity index (χ2v) is 11.1. The zero-order chi connectivity index (χ0) is 32.2. The van der Waals surface area contributed by atoms with Gasteiger partial charge in [0.25, 0.3) is 0 Å². The fraction of sp³-hybridized carbons (Fsp3) is 0.0732. The molecule has 5 aromatic carbocycles. The molecule has 0 bridgehead atoms. The summed E-state index contributed by atoms with van der Waals surface area (Å²) in [7, 11) is 0. The number of fused-ring (bicyclic) bond motifs is 1. The Bertz CT molecular complexity index is 2190. The smallest absolute Gasteiger partial charge is 0.153 e. The topological polar surface area (TPSA) is 100 Å². The van der Waals surface area contributed by atoms with Crippen LogP contribution in [0.2, 0.25) is 0 Å². The van der Waals surface area contributed by atoms with E-state index in [9.17, 15) is 21.0 Å². The Labute approximate surface area is 267 Å². The Kier molecular flexibility index (Phi) is 8.01. The van der Waals surface area contributed by atoms with Crippen LogP contribution >= 0.6 is 0 Å². The van der Waals surface area contributed by atoms with Crippen molar-refractivity contribution < 1.29 is 0 Å². The first kappa shape index (κ1) is 29.4. The van der Waals surface area contributed by atoms with E-state index in [1.165, 1.54) is 0 Å². The van der Waals surface area contributed by atoms with E-state index < -0.39 is 0 Å². The van der Waals surface area contributed by atoms with Gasteiger partial charge in [0, 0.05) is 27.9 Å². The highest BCUT2D eigenvalue weighted by Crippen LogP contribution is 2.49. The van der Waals surface area contributed by atoms with E-state index in [1.807, 2.05) is 115 Å². The van der Waals surface area contributed by atoms with Gasteiger partial charge in [0.15, 0.2) is 11.1 Å². The molecule has 0 aliphatic heterocycles. The monoisotopic (exact) mass is 589 g/mol. The van der Waals surface area contributed by atoms with Gasteiger partial charge >= 0.3 is 0 Å². The second kappa shape index (κ2) is 12.5. The summed E-state index contributed by atoms with van der Waals surface area (Å²) in [5.74, 6) is 0. The molecule has 5 heteroatoms. The highest BCUT2D eigenvalue weighted by molar-refractivity contribution is 6.19. The summed E-state index contributed by atoms with van der Waals surface area (Å²) in [6.07, 6.45) is 0. The Balaban J connectivity index is 2.18. The first-order valence-corrected chi connectivity index (χ1v) is 14.9. The van der Waals surface area contributed by atoms with Crippen molar-refractivity contribution in [3.8, 4) is 68.8 Å². The van der Waals surface area contributed by atoms with E-state index >= 15 is 0 Å². The number of nitrogens with zero attached hydrogens (tertiary/aromatic N) is 5. The van der Waals surface area contributed by atoms with Crippen molar-refractivity contribution in [3.63, 3.8) is 0 Å². The lowest BCUT2D eigenvalue weighted by Crippen LogP contribution is -2.31. The first-order chi connectivity index (χ1) is 22.5. The minimum Gasteiger partial charge on any atom is -0.335 e. The molecule has 0 radical (unpaired) electrons. The number of aromatic nitrogens is 1. The van der Waals surface area contributed by atoms with E-state index in [1.54, 1.807) is 0 Å². The van der Waals surface area contributed by atoms with Crippen LogP contribution in [0.4, 0.5) is 0 Å². The maximum Gasteiger partial charge on any atom is 0.153 e. The van der Waals surface area contributed by atoms with Crippen molar-refractivity contribution in [1.29, 1.82) is 21.0 Å². The quantitative estimate of drug-likeness (QED) is 0.202. The van der Waals surface area contributed by atoms with Crippen LogP contribution in [0.1, 0.15) is 19.9 Å². The lowest BCUT2D eigenvalue weighted by atomic mass is 9.79. The van der Waals surface area contributed by atoms with Gasteiger partial charge in [-0.15, -0.1) is 0 Å². The summed E-state index contributed by atoms with van der Waals surface area (Å²) in [6, 6.07) is 48.3. The average Bonchev–Trinajstić information content (AvgIpc) is 3.45. The summed E-state index contributed by atoms with van der Waals surface area (Å²) in [6.45, 7) is 3.87. The summed E-state index contributed by atoms with van der Waals surface area (Å²) >= 11 is 0. The zero-order valence-electron chi connectivity index (χ0n) is 25.4. The Morgan fingerprint density at radius 3 is 0.935 bits per heavy atom. The molecule has 0 fully saturated rings. The van der Waals surface area contributed by atoms with Gasteiger partial charge in [-0.1, -0.05) is 121 Å². The fourth-order valence-corrected chi connectivity index (χ4v) is 6.42. The van der Waals surface area contributed by atoms with Gasteiger partial charge in [-0.2, -0.15) is 21.0 Å². The molecule has 6 rings (SSSR count). The molecule has 5 nitrogen and oxygen atoms in total. The minimum absolute atomic E-state index is 0.0946. The highest BCUT2D eigenvalue weighted by Gasteiger charge is 2.29. The molecule has 1 aromatic heterocycles. The molecule has 0 saturated carbocycles. The molecule has 46 heavy (non-hydrogen) atoms. The maximum absolute atomic E-state index is 10.4. The third-order valence-electron chi connectivity index (χ3n) is 8.14. The Morgan fingerprint density at radius 1 is 0.435 bits per heavy atom. The fourth-order valence-electron chi connectivity index (χ4n) is 6.42. The van der Waals surface area contributed by atoms with Crippen molar-refractivity contribution in [1.82, 2.24) is 4.57 Å². The van der Waals surface area contributed by atoms with E-state index in [2.05, 4.69) is 48.5 Å². The van der Waals surface area contributed by atoms with Gasteiger partial charge in [0.1, 0.15) is 24.3 Å². The molecule has 0 spiro atoms. The predicted octanol–water partition coefficient (Wildman–Crippen LogP) is 8.29. The number of benzene rings is 5. The van der Waals surface area contributed by atoms with Gasteiger partial charge in [-0.3, -0.25) is 0 Å². The molecule has 0 atom stereocenters. The van der Waals surface area contributed by atoms with Crippen LogP contribution in [0.25, 0.3) is 66.4 Å². The highest BCUT2D eigenvalue weighted by atomic mass is 15.0. The van der Waals surface area contributed by atoms with E-state index in [4.69, 9.17) is 0 Å². The largest absolute Gasteiger partial charge is 0.335 e. The number of hydrogen-bond donors (Lipinski definition) is 0. The van der Waals surface area contributed by atoms with Crippen LogP contribution in [0.15, 0.2) is 121 Å². The van der Waals surface area contributed by atoms with Crippen molar-refractivity contribution in [3.05, 3.63) is 132 Å². The van der Waals surface area contributed by atoms with Gasteiger partial charge in [0.05, 0.1) is 10.7 Å². The van der Waals surface area contributed by atoms with Crippen LogP contribution in [-0.4, -0.2) is 4.57 Å². The minimum atomic E-state index is -0.307. The van der Waals surface area contributed by atoms with Gasteiger partial charge in [-0.05, 0) is 47.2 Å². The zero-order valence-corrected chi connectivity index (χ0v) is 25.4. The summed E-state index contributed by atoms with van der Waals surface area (Å²) in [4.78, 5) is 0. The molecular formula is C41H27N5. The van der Waals surface area contributed by atoms with Crippen molar-refractivity contribution in [2.45, 2.75) is 19.9 Å². The summed E-state index contributed by atoms with van der Waals surface area (Å²) < 4.78 is 1.83. The van der Waals surface area contributed by atoms with Crippen LogP contribution in [-0.2, 0) is 0 Å². The van der Waals surface area contributed by atoms with Gasteiger partial charge in [-0.25, -0.2) is 0 Å². The Morgan fingerprint density at radius 2 is 0.696 bits per heavy atom. The van der Waals surface area contributed by atoms with E-state index in [-0.39, 0.29) is 17.2 Å². The number of rotatable bonds is 5. The molecule has 0 unspecified atom stereocenters. The standard InChI is InChI=1S/C41H27N5/c1-27(2)46-40(32(23-42)24-43)38-36(30-19-11-5-12-20-30)34(28-15-7-3-8-16-28)35(29-17-9-4-10-18-29)37(31-21-13-6-14-22-31)39(38)41(46)33(25-44)26-45/h3-22,27H,1-2H3. The molecule has 0 aliphatic carbocycles. The van der Waals surface area contributed by atoms with Crippen LogP contribution < -0.4 is 10.7 Å². The van der Waals surface area contributed by atoms with Crippen molar-refractivity contribution in [2.24, 2.45) is 0 Å². The average molecular weight is 590 g/mol. The SMILES string of the molecule is CC(C)n1c(=C(C#N)C#N)c2c(-c3ccccc3)c(-c3ccccc3)c(-c3ccccc3)c(-c3ccccc3)c2c1=C(C#N)C#N. The van der Waals surface area contributed by atoms with Gasteiger partial charge < -0.3 is 4.57 Å². The van der Waals surface area contributed by atoms with E-state index in [0.717, 1.165) is 44.5 Å². The molecule has 0 aliphatic rings. The third kappa shape index (κ3) is 4.80. The molecule has 216 valence electrons. The second-order valence-electron chi connectivity index (χ2n) is 11.1. The third-order valence-corrected chi connectivity index (χ3v) is 8.14. The molecule has 0 N–H and O–H groups in total. The van der Waals surface area contributed by atoms with Crippen LogP contribution in [0, 0.1) is 45.3 Å². The molecule has 6 aromatic rings. The van der Waals surface area contributed by atoms with Crippen LogP contribution in [0.3, 0.4) is 0 Å².